The average Bonchev–Trinajstić information content (AvgIpc) is 3.06. The number of rotatable bonds is 5. The Labute approximate surface area is 161 Å². The van der Waals surface area contributed by atoms with E-state index in [0.717, 1.165) is 29.4 Å². The molecule has 0 saturated heterocycles. The number of nitrogens with one attached hydrogen (secondary N) is 1. The first kappa shape index (κ1) is 18.3. The molecular formula is C20H24FN4OS+. The molecule has 27 heavy (non-hydrogen) atoms. The summed E-state index contributed by atoms with van der Waals surface area (Å²) in [7, 11) is 0. The molecule has 5 nitrogen and oxygen atoms in total. The molecule has 2 aromatic heterocycles. The summed E-state index contributed by atoms with van der Waals surface area (Å²) in [5.41, 5.74) is 1.72. The van der Waals surface area contributed by atoms with Crippen LogP contribution in [0.3, 0.4) is 0 Å². The quantitative estimate of drug-likeness (QED) is 0.732. The monoisotopic (exact) mass is 387 g/mol. The molecular weight excluding hydrogens is 363 g/mol. The van der Waals surface area contributed by atoms with Crippen molar-refractivity contribution in [3.8, 4) is 0 Å². The fraction of sp³-hybridized carbons (Fsp3) is 0.450. The highest BCUT2D eigenvalue weighted by atomic mass is 32.1. The maximum Gasteiger partial charge on any atom is 0.275 e. The number of fused-ring (bicyclic) bond motifs is 1. The number of quaternary nitrogens is 1. The largest absolute Gasteiger partial charge is 0.323 e. The molecule has 1 atom stereocenters. The van der Waals surface area contributed by atoms with Gasteiger partial charge in [-0.05, 0) is 44.7 Å². The summed E-state index contributed by atoms with van der Waals surface area (Å²) in [4.78, 5) is 18.7. The van der Waals surface area contributed by atoms with Crippen LogP contribution in [0.2, 0.25) is 0 Å². The van der Waals surface area contributed by atoms with E-state index in [0.29, 0.717) is 11.0 Å². The van der Waals surface area contributed by atoms with Crippen LogP contribution in [0, 0.1) is 12.7 Å². The first-order valence-corrected chi connectivity index (χ1v) is 10.4. The van der Waals surface area contributed by atoms with Crippen LogP contribution in [0.1, 0.15) is 48.4 Å². The summed E-state index contributed by atoms with van der Waals surface area (Å²) in [6.07, 6.45) is 6.24. The lowest BCUT2D eigenvalue weighted by atomic mass is 9.94. The van der Waals surface area contributed by atoms with Gasteiger partial charge in [0.1, 0.15) is 18.9 Å². The molecule has 1 saturated carbocycles. The molecule has 0 amide bonds. The van der Waals surface area contributed by atoms with Gasteiger partial charge in [0.15, 0.2) is 5.01 Å². The van der Waals surface area contributed by atoms with E-state index < -0.39 is 0 Å². The fourth-order valence-electron chi connectivity index (χ4n) is 3.95. The van der Waals surface area contributed by atoms with Crippen LogP contribution in [-0.4, -0.2) is 20.6 Å². The minimum atomic E-state index is -0.204. The van der Waals surface area contributed by atoms with Gasteiger partial charge in [-0.2, -0.15) is 9.61 Å². The van der Waals surface area contributed by atoms with Gasteiger partial charge < -0.3 is 4.90 Å². The molecule has 3 aromatic rings. The van der Waals surface area contributed by atoms with E-state index in [1.165, 1.54) is 71.1 Å². The highest BCUT2D eigenvalue weighted by Crippen LogP contribution is 2.17. The zero-order valence-electron chi connectivity index (χ0n) is 15.4. The molecule has 1 N–H and O–H groups in total. The summed E-state index contributed by atoms with van der Waals surface area (Å²) >= 11 is 1.49. The molecule has 4 rings (SSSR count). The van der Waals surface area contributed by atoms with E-state index in [2.05, 4.69) is 10.1 Å². The van der Waals surface area contributed by atoms with Crippen LogP contribution in [0.5, 0.6) is 0 Å². The summed E-state index contributed by atoms with van der Waals surface area (Å²) in [5.74, 6) is -0.204. The van der Waals surface area contributed by atoms with Gasteiger partial charge in [0.05, 0.1) is 6.04 Å². The summed E-state index contributed by atoms with van der Waals surface area (Å²) < 4.78 is 14.7. The maximum absolute atomic E-state index is 13.3. The van der Waals surface area contributed by atoms with E-state index in [9.17, 15) is 9.18 Å². The van der Waals surface area contributed by atoms with Gasteiger partial charge in [0, 0.05) is 17.3 Å². The van der Waals surface area contributed by atoms with Crippen molar-refractivity contribution >= 4 is 16.3 Å². The van der Waals surface area contributed by atoms with Crippen LogP contribution in [0.4, 0.5) is 4.39 Å². The van der Waals surface area contributed by atoms with Crippen molar-refractivity contribution in [2.45, 2.75) is 58.2 Å². The van der Waals surface area contributed by atoms with Crippen molar-refractivity contribution in [3.63, 3.8) is 0 Å². The minimum Gasteiger partial charge on any atom is -0.323 e. The molecule has 0 bridgehead atoms. The zero-order chi connectivity index (χ0) is 18.8. The second-order valence-electron chi connectivity index (χ2n) is 7.40. The Morgan fingerprint density at radius 3 is 2.67 bits per heavy atom. The maximum atomic E-state index is 13.3. The third-order valence-electron chi connectivity index (χ3n) is 5.32. The van der Waals surface area contributed by atoms with E-state index in [1.54, 1.807) is 0 Å². The third kappa shape index (κ3) is 4.25. The van der Waals surface area contributed by atoms with Crippen LogP contribution in [0.15, 0.2) is 35.1 Å². The van der Waals surface area contributed by atoms with Crippen molar-refractivity contribution in [2.75, 3.05) is 0 Å². The molecule has 1 aliphatic rings. The van der Waals surface area contributed by atoms with E-state index in [4.69, 9.17) is 0 Å². The second kappa shape index (κ2) is 7.86. The van der Waals surface area contributed by atoms with Crippen molar-refractivity contribution in [1.82, 2.24) is 14.6 Å². The van der Waals surface area contributed by atoms with Crippen molar-refractivity contribution in [2.24, 2.45) is 0 Å². The van der Waals surface area contributed by atoms with Gasteiger partial charge in [-0.25, -0.2) is 9.37 Å². The lowest BCUT2D eigenvalue weighted by Gasteiger charge is -2.30. The number of aromatic nitrogens is 3. The van der Waals surface area contributed by atoms with Crippen LogP contribution in [-0.2, 0) is 13.1 Å². The minimum absolute atomic E-state index is 0.127. The van der Waals surface area contributed by atoms with Gasteiger partial charge in [-0.1, -0.05) is 29.9 Å². The van der Waals surface area contributed by atoms with Gasteiger partial charge >= 0.3 is 0 Å². The second-order valence-corrected chi connectivity index (χ2v) is 8.44. The molecule has 0 aliphatic heterocycles. The number of hydrogen-bond acceptors (Lipinski definition) is 4. The topological polar surface area (TPSA) is 51.7 Å². The molecule has 0 radical (unpaired) electrons. The molecule has 2 heterocycles. The van der Waals surface area contributed by atoms with Gasteiger partial charge in [-0.3, -0.25) is 4.79 Å². The van der Waals surface area contributed by atoms with Gasteiger partial charge in [0.2, 0.25) is 4.96 Å². The zero-order valence-corrected chi connectivity index (χ0v) is 16.3. The Bertz CT molecular complexity index is 976. The molecule has 142 valence electrons. The Hall–Kier alpha value is -2.12. The van der Waals surface area contributed by atoms with E-state index in [-0.39, 0.29) is 11.4 Å². The molecule has 7 heteroatoms. The number of hydrogen-bond donors (Lipinski definition) is 1. The predicted octanol–water partition coefficient (Wildman–Crippen LogP) is 2.52. The van der Waals surface area contributed by atoms with Crippen LogP contribution >= 0.6 is 11.3 Å². The lowest BCUT2D eigenvalue weighted by Crippen LogP contribution is -3.13. The highest BCUT2D eigenvalue weighted by Gasteiger charge is 2.26. The van der Waals surface area contributed by atoms with Crippen molar-refractivity contribution in [1.29, 1.82) is 0 Å². The van der Waals surface area contributed by atoms with Gasteiger partial charge in [-0.15, -0.1) is 0 Å². The van der Waals surface area contributed by atoms with Crippen molar-refractivity contribution < 1.29 is 9.29 Å². The Balaban J connectivity index is 1.60. The molecule has 1 unspecified atom stereocenters. The fourth-order valence-corrected chi connectivity index (χ4v) is 4.95. The first-order chi connectivity index (χ1) is 13.1. The van der Waals surface area contributed by atoms with E-state index >= 15 is 0 Å². The van der Waals surface area contributed by atoms with Gasteiger partial charge in [0.25, 0.3) is 5.56 Å². The number of nitrogens with zero attached hydrogens (tertiary/aromatic N) is 3. The Morgan fingerprint density at radius 1 is 1.19 bits per heavy atom. The Kier molecular flexibility index (Phi) is 5.31. The SMILES string of the molecule is Cc1cc(=O)n2nc(C[NH+](Cc3ccc(F)cc3)C3CCCCC3)sc2n1. The number of aryl methyl sites for hydroxylation is 1. The highest BCUT2D eigenvalue weighted by molar-refractivity contribution is 7.16. The Morgan fingerprint density at radius 2 is 1.93 bits per heavy atom. The molecule has 1 aliphatic carbocycles. The standard InChI is InChI=1S/C20H23FN4OS/c1-14-11-19(26)25-20(22-14)27-18(23-25)13-24(17-5-3-2-4-6-17)12-15-7-9-16(21)10-8-15/h7-11,17H,2-6,12-13H2,1H3/p+1. The normalized spacial score (nSPS) is 16.7. The van der Waals surface area contributed by atoms with Crippen molar-refractivity contribution in [3.05, 3.63) is 62.8 Å². The molecule has 1 aromatic carbocycles. The number of benzene rings is 1. The molecule has 0 spiro atoms. The smallest absolute Gasteiger partial charge is 0.275 e. The lowest BCUT2D eigenvalue weighted by molar-refractivity contribution is -0.953. The first-order valence-electron chi connectivity index (χ1n) is 9.54. The van der Waals surface area contributed by atoms with Crippen LogP contribution in [0.25, 0.3) is 4.96 Å². The summed E-state index contributed by atoms with van der Waals surface area (Å²) in [6.45, 7) is 3.42. The van der Waals surface area contributed by atoms with Crippen LogP contribution < -0.4 is 10.5 Å². The number of halogens is 1. The average molecular weight is 388 g/mol. The summed E-state index contributed by atoms with van der Waals surface area (Å²) in [5, 5.41) is 5.45. The third-order valence-corrected chi connectivity index (χ3v) is 6.23. The van der Waals surface area contributed by atoms with E-state index in [1.807, 2.05) is 19.1 Å². The summed E-state index contributed by atoms with van der Waals surface area (Å²) in [6, 6.07) is 8.87. The molecule has 1 fully saturated rings. The predicted molar refractivity (Wildman–Crippen MR) is 104 cm³/mol.